The number of carbonyl (C=O) groups is 1. The highest BCUT2D eigenvalue weighted by Crippen LogP contribution is 2.16. The molecule has 22 heavy (non-hydrogen) atoms. The molecule has 5 heteroatoms. The number of rotatable bonds is 4. The van der Waals surface area contributed by atoms with Gasteiger partial charge in [0.15, 0.2) is 0 Å². The summed E-state index contributed by atoms with van der Waals surface area (Å²) < 4.78 is 1.83. The monoisotopic (exact) mass is 294 g/mol. The maximum atomic E-state index is 12.7. The Bertz CT molecular complexity index is 805. The van der Waals surface area contributed by atoms with Gasteiger partial charge in [-0.05, 0) is 37.1 Å². The van der Waals surface area contributed by atoms with Gasteiger partial charge in [0.1, 0.15) is 17.2 Å². The van der Waals surface area contributed by atoms with Crippen LogP contribution in [-0.4, -0.2) is 20.3 Å². The van der Waals surface area contributed by atoms with Crippen LogP contribution in [0.1, 0.15) is 35.1 Å². The van der Waals surface area contributed by atoms with E-state index in [1.54, 1.807) is 12.3 Å². The van der Waals surface area contributed by atoms with Gasteiger partial charge in [-0.15, -0.1) is 0 Å². The van der Waals surface area contributed by atoms with Crippen LogP contribution in [0.4, 0.5) is 5.82 Å². The predicted octanol–water partition coefficient (Wildman–Crippen LogP) is 3.24. The van der Waals surface area contributed by atoms with Gasteiger partial charge in [0.2, 0.25) is 0 Å². The Balaban J connectivity index is 1.98. The molecule has 3 aromatic rings. The first-order valence-corrected chi connectivity index (χ1v) is 7.39. The number of amides is 1. The highest BCUT2D eigenvalue weighted by Gasteiger charge is 2.18. The number of anilines is 1. The Hall–Kier alpha value is -2.69. The number of aryl methyl sites for hydroxylation is 2. The van der Waals surface area contributed by atoms with Crippen LogP contribution in [0.2, 0.25) is 0 Å². The maximum Gasteiger partial charge on any atom is 0.275 e. The quantitative estimate of drug-likeness (QED) is 0.803. The van der Waals surface area contributed by atoms with Gasteiger partial charge in [0.25, 0.3) is 5.91 Å². The molecule has 1 amide bonds. The van der Waals surface area contributed by atoms with Gasteiger partial charge in [0, 0.05) is 12.4 Å². The number of carbonyl (C=O) groups excluding carboxylic acids is 1. The summed E-state index contributed by atoms with van der Waals surface area (Å²) in [6.45, 7) is 4.04. The fourth-order valence-electron chi connectivity index (χ4n) is 2.41. The van der Waals surface area contributed by atoms with Gasteiger partial charge in [-0.25, -0.2) is 9.97 Å². The molecule has 0 radical (unpaired) electrons. The fraction of sp³-hybridized carbons (Fsp3) is 0.235. The summed E-state index contributed by atoms with van der Waals surface area (Å²) in [5.74, 6) is 0.363. The van der Waals surface area contributed by atoms with E-state index in [-0.39, 0.29) is 5.91 Å². The highest BCUT2D eigenvalue weighted by atomic mass is 16.2. The summed E-state index contributed by atoms with van der Waals surface area (Å²) in [6, 6.07) is 9.44. The molecule has 0 saturated heterocycles. The van der Waals surface area contributed by atoms with E-state index in [0.29, 0.717) is 11.5 Å². The Morgan fingerprint density at radius 1 is 1.27 bits per heavy atom. The van der Waals surface area contributed by atoms with E-state index in [1.807, 2.05) is 41.8 Å². The van der Waals surface area contributed by atoms with Crippen LogP contribution < -0.4 is 5.32 Å². The molecule has 0 aliphatic heterocycles. The number of hydrogen-bond donors (Lipinski definition) is 1. The van der Waals surface area contributed by atoms with E-state index in [2.05, 4.69) is 22.2 Å². The van der Waals surface area contributed by atoms with Crippen LogP contribution in [0.3, 0.4) is 0 Å². The van der Waals surface area contributed by atoms with Gasteiger partial charge < -0.3 is 5.32 Å². The molecule has 0 fully saturated rings. The Morgan fingerprint density at radius 3 is 2.86 bits per heavy atom. The molecule has 0 spiro atoms. The minimum atomic E-state index is -0.182. The number of aromatic nitrogens is 3. The standard InChI is InChI=1S/C17H18N4O/c1-3-6-13-16(21-10-5-4-7-15(21)19-13)17(22)20-14-9-8-12(2)11-18-14/h4-5,7-11H,3,6H2,1-2H3,(H,18,20,22). The highest BCUT2D eigenvalue weighted by molar-refractivity contribution is 6.04. The first-order chi connectivity index (χ1) is 10.7. The molecule has 3 aromatic heterocycles. The Kier molecular flexibility index (Phi) is 3.87. The van der Waals surface area contributed by atoms with Crippen molar-refractivity contribution in [3.8, 4) is 0 Å². The lowest BCUT2D eigenvalue weighted by Crippen LogP contribution is -2.17. The van der Waals surface area contributed by atoms with Crippen molar-refractivity contribution in [3.63, 3.8) is 0 Å². The number of fused-ring (bicyclic) bond motifs is 1. The lowest BCUT2D eigenvalue weighted by Gasteiger charge is -2.06. The van der Waals surface area contributed by atoms with E-state index in [0.717, 1.165) is 29.7 Å². The Labute approximate surface area is 129 Å². The summed E-state index contributed by atoms with van der Waals surface area (Å²) in [6.07, 6.45) is 5.30. The van der Waals surface area contributed by atoms with Crippen LogP contribution >= 0.6 is 0 Å². The summed E-state index contributed by atoms with van der Waals surface area (Å²) in [5, 5.41) is 2.85. The van der Waals surface area contributed by atoms with Crippen molar-refractivity contribution >= 4 is 17.4 Å². The normalized spacial score (nSPS) is 10.8. The van der Waals surface area contributed by atoms with Crippen LogP contribution in [0, 0.1) is 6.92 Å². The largest absolute Gasteiger partial charge is 0.305 e. The molecule has 5 nitrogen and oxygen atoms in total. The second kappa shape index (κ2) is 5.97. The SMILES string of the molecule is CCCc1nc2ccccn2c1C(=O)Nc1ccc(C)cn1. The topological polar surface area (TPSA) is 59.3 Å². The fourth-order valence-corrected chi connectivity index (χ4v) is 2.41. The van der Waals surface area contributed by atoms with E-state index >= 15 is 0 Å². The lowest BCUT2D eigenvalue weighted by molar-refractivity contribution is 0.102. The van der Waals surface area contributed by atoms with Crippen molar-refractivity contribution in [1.82, 2.24) is 14.4 Å². The molecule has 3 heterocycles. The van der Waals surface area contributed by atoms with Crippen LogP contribution in [0.5, 0.6) is 0 Å². The first-order valence-electron chi connectivity index (χ1n) is 7.39. The summed E-state index contributed by atoms with van der Waals surface area (Å²) in [4.78, 5) is 21.4. The number of hydrogen-bond acceptors (Lipinski definition) is 3. The molecule has 0 atom stereocenters. The van der Waals surface area contributed by atoms with E-state index in [1.165, 1.54) is 0 Å². The molecule has 3 rings (SSSR count). The molecule has 1 N–H and O–H groups in total. The van der Waals surface area contributed by atoms with Crippen molar-refractivity contribution < 1.29 is 4.79 Å². The number of pyridine rings is 2. The minimum absolute atomic E-state index is 0.182. The second-order valence-corrected chi connectivity index (χ2v) is 5.26. The van der Waals surface area contributed by atoms with E-state index in [9.17, 15) is 4.79 Å². The zero-order chi connectivity index (χ0) is 15.5. The molecule has 0 bridgehead atoms. The molecule has 0 saturated carbocycles. The van der Waals surface area contributed by atoms with Crippen LogP contribution in [0.15, 0.2) is 42.7 Å². The number of imidazole rings is 1. The average molecular weight is 294 g/mol. The van der Waals surface area contributed by atoms with Crippen molar-refractivity contribution in [2.75, 3.05) is 5.32 Å². The molecule has 0 aromatic carbocycles. The van der Waals surface area contributed by atoms with Crippen molar-refractivity contribution in [3.05, 3.63) is 59.7 Å². The molecule has 0 aliphatic carbocycles. The minimum Gasteiger partial charge on any atom is -0.305 e. The van der Waals surface area contributed by atoms with Crippen LogP contribution in [-0.2, 0) is 6.42 Å². The smallest absolute Gasteiger partial charge is 0.275 e. The predicted molar refractivity (Wildman–Crippen MR) is 86.1 cm³/mol. The van der Waals surface area contributed by atoms with E-state index < -0.39 is 0 Å². The molecular formula is C17H18N4O. The third-order valence-corrected chi connectivity index (χ3v) is 3.46. The average Bonchev–Trinajstić information content (AvgIpc) is 2.88. The van der Waals surface area contributed by atoms with Crippen LogP contribution in [0.25, 0.3) is 5.65 Å². The summed E-state index contributed by atoms with van der Waals surface area (Å²) in [5.41, 5.74) is 3.24. The zero-order valence-electron chi connectivity index (χ0n) is 12.7. The van der Waals surface area contributed by atoms with Gasteiger partial charge in [-0.2, -0.15) is 0 Å². The Morgan fingerprint density at radius 2 is 2.14 bits per heavy atom. The third-order valence-electron chi connectivity index (χ3n) is 3.46. The summed E-state index contributed by atoms with van der Waals surface area (Å²) >= 11 is 0. The van der Waals surface area contributed by atoms with Crippen molar-refractivity contribution in [1.29, 1.82) is 0 Å². The molecule has 112 valence electrons. The van der Waals surface area contributed by atoms with E-state index in [4.69, 9.17) is 0 Å². The van der Waals surface area contributed by atoms with Crippen molar-refractivity contribution in [2.24, 2.45) is 0 Å². The van der Waals surface area contributed by atoms with Gasteiger partial charge >= 0.3 is 0 Å². The molecule has 0 aliphatic rings. The van der Waals surface area contributed by atoms with Crippen molar-refractivity contribution in [2.45, 2.75) is 26.7 Å². The van der Waals surface area contributed by atoms with Gasteiger partial charge in [-0.3, -0.25) is 9.20 Å². The lowest BCUT2D eigenvalue weighted by atomic mass is 10.2. The summed E-state index contributed by atoms with van der Waals surface area (Å²) in [7, 11) is 0. The number of nitrogens with zero attached hydrogens (tertiary/aromatic N) is 3. The zero-order valence-corrected chi connectivity index (χ0v) is 12.7. The molecular weight excluding hydrogens is 276 g/mol. The molecule has 0 unspecified atom stereocenters. The second-order valence-electron chi connectivity index (χ2n) is 5.26. The van der Waals surface area contributed by atoms with Gasteiger partial charge in [0.05, 0.1) is 5.69 Å². The van der Waals surface area contributed by atoms with Gasteiger partial charge in [-0.1, -0.05) is 25.5 Å². The maximum absolute atomic E-state index is 12.7. The first kappa shape index (κ1) is 14.3. The third kappa shape index (κ3) is 2.70. The number of nitrogens with one attached hydrogen (secondary N) is 1.